The van der Waals surface area contributed by atoms with Gasteiger partial charge in [-0.05, 0) is 37.8 Å². The summed E-state index contributed by atoms with van der Waals surface area (Å²) < 4.78 is 11.5. The fraction of sp³-hybridized carbons (Fsp3) is 0.538. The Morgan fingerprint density at radius 1 is 1.00 bits per heavy atom. The summed E-state index contributed by atoms with van der Waals surface area (Å²) in [4.78, 5) is 0. The summed E-state index contributed by atoms with van der Waals surface area (Å²) in [6, 6.07) is 10.1. The molecule has 88 valence electrons. The second-order valence-corrected chi connectivity index (χ2v) is 4.56. The quantitative estimate of drug-likeness (QED) is 0.784. The fourth-order valence-corrected chi connectivity index (χ4v) is 2.47. The van der Waals surface area contributed by atoms with E-state index in [1.165, 1.54) is 0 Å². The molecule has 1 aromatic carbocycles. The molecule has 0 bridgehead atoms. The van der Waals surface area contributed by atoms with Gasteiger partial charge in [-0.15, -0.1) is 0 Å². The van der Waals surface area contributed by atoms with Crippen molar-refractivity contribution in [2.45, 2.75) is 37.9 Å². The Labute approximate surface area is 105 Å². The van der Waals surface area contributed by atoms with Gasteiger partial charge in [0.05, 0.1) is 12.2 Å². The lowest BCUT2D eigenvalue weighted by atomic mass is 9.95. The van der Waals surface area contributed by atoms with Crippen LogP contribution in [-0.2, 0) is 4.74 Å². The number of halogens is 1. The first-order chi connectivity index (χ1) is 7.88. The van der Waals surface area contributed by atoms with E-state index in [4.69, 9.17) is 9.47 Å². The number of hydrogen-bond donors (Lipinski definition) is 0. The van der Waals surface area contributed by atoms with Crippen LogP contribution in [-0.4, -0.2) is 17.7 Å². The van der Waals surface area contributed by atoms with Gasteiger partial charge in [0.15, 0.2) is 0 Å². The molecule has 16 heavy (non-hydrogen) atoms. The Balaban J connectivity index is 1.77. The molecule has 0 atom stereocenters. The van der Waals surface area contributed by atoms with Gasteiger partial charge < -0.3 is 9.47 Å². The lowest BCUT2D eigenvalue weighted by Gasteiger charge is -2.28. The van der Waals surface area contributed by atoms with Crippen LogP contribution >= 0.6 is 15.9 Å². The van der Waals surface area contributed by atoms with Crippen LogP contribution in [0, 0.1) is 0 Å². The van der Waals surface area contributed by atoms with Crippen molar-refractivity contribution in [3.63, 3.8) is 0 Å². The molecule has 0 unspecified atom stereocenters. The second-order valence-electron chi connectivity index (χ2n) is 4.11. The van der Waals surface area contributed by atoms with Crippen LogP contribution in [0.5, 0.6) is 5.75 Å². The zero-order chi connectivity index (χ0) is 11.2. The largest absolute Gasteiger partial charge is 0.490 e. The van der Waals surface area contributed by atoms with Crippen molar-refractivity contribution in [3.8, 4) is 5.75 Å². The molecular formula is C13H17BrO2. The van der Waals surface area contributed by atoms with Gasteiger partial charge in [-0.2, -0.15) is 0 Å². The minimum absolute atomic E-state index is 0.359. The molecule has 1 fully saturated rings. The van der Waals surface area contributed by atoms with E-state index in [1.54, 1.807) is 0 Å². The Bertz CT molecular complexity index is 294. The topological polar surface area (TPSA) is 18.5 Å². The van der Waals surface area contributed by atoms with Crippen molar-refractivity contribution in [2.24, 2.45) is 0 Å². The number of benzene rings is 1. The molecule has 0 heterocycles. The van der Waals surface area contributed by atoms with Crippen molar-refractivity contribution in [1.82, 2.24) is 0 Å². The third-order valence-corrected chi connectivity index (χ3v) is 3.23. The Morgan fingerprint density at radius 2 is 1.62 bits per heavy atom. The minimum Gasteiger partial charge on any atom is -0.490 e. The SMILES string of the molecule is BrCOC1CCC(Oc2ccccc2)CC1. The van der Waals surface area contributed by atoms with Gasteiger partial charge in [0.25, 0.3) is 0 Å². The van der Waals surface area contributed by atoms with Gasteiger partial charge in [-0.25, -0.2) is 0 Å². The van der Waals surface area contributed by atoms with Gasteiger partial charge in [-0.3, -0.25) is 0 Å². The maximum absolute atomic E-state index is 5.91. The molecule has 0 spiro atoms. The molecule has 1 aliphatic rings. The first kappa shape index (κ1) is 11.9. The molecule has 3 heteroatoms. The zero-order valence-electron chi connectivity index (χ0n) is 9.27. The summed E-state index contributed by atoms with van der Waals surface area (Å²) in [7, 11) is 0. The second kappa shape index (κ2) is 6.26. The van der Waals surface area contributed by atoms with E-state index >= 15 is 0 Å². The predicted molar refractivity (Wildman–Crippen MR) is 68.0 cm³/mol. The molecule has 1 aliphatic carbocycles. The number of hydrogen-bond acceptors (Lipinski definition) is 2. The summed E-state index contributed by atoms with van der Waals surface area (Å²) in [5.41, 5.74) is 0.641. The molecule has 2 nitrogen and oxygen atoms in total. The van der Waals surface area contributed by atoms with E-state index in [9.17, 15) is 0 Å². The number of alkyl halides is 1. The Morgan fingerprint density at radius 3 is 2.25 bits per heavy atom. The third-order valence-electron chi connectivity index (χ3n) is 2.97. The van der Waals surface area contributed by atoms with Gasteiger partial charge in [0.2, 0.25) is 0 Å². The van der Waals surface area contributed by atoms with Crippen LogP contribution in [0.25, 0.3) is 0 Å². The molecule has 2 rings (SSSR count). The number of rotatable bonds is 4. The van der Waals surface area contributed by atoms with E-state index in [0.29, 0.717) is 17.7 Å². The van der Waals surface area contributed by atoms with E-state index in [1.807, 2.05) is 30.3 Å². The normalized spacial score (nSPS) is 25.3. The van der Waals surface area contributed by atoms with Crippen molar-refractivity contribution >= 4 is 15.9 Å². The highest BCUT2D eigenvalue weighted by atomic mass is 79.9. The standard InChI is InChI=1S/C13H17BrO2/c14-10-15-11-6-8-13(9-7-11)16-12-4-2-1-3-5-12/h1-5,11,13H,6-10H2. The van der Waals surface area contributed by atoms with Gasteiger partial charge in [0, 0.05) is 0 Å². The van der Waals surface area contributed by atoms with Crippen molar-refractivity contribution in [2.75, 3.05) is 5.52 Å². The summed E-state index contributed by atoms with van der Waals surface area (Å²) in [6.45, 7) is 0. The van der Waals surface area contributed by atoms with Gasteiger partial charge >= 0.3 is 0 Å². The summed E-state index contributed by atoms with van der Waals surface area (Å²) in [5.74, 6) is 0.979. The maximum atomic E-state index is 5.91. The lowest BCUT2D eigenvalue weighted by Crippen LogP contribution is -2.28. The maximum Gasteiger partial charge on any atom is 0.119 e. The summed E-state index contributed by atoms with van der Waals surface area (Å²) in [6.07, 6.45) is 5.15. The molecule has 1 aromatic rings. The smallest absolute Gasteiger partial charge is 0.119 e. The van der Waals surface area contributed by atoms with Crippen molar-refractivity contribution in [3.05, 3.63) is 30.3 Å². The average molecular weight is 285 g/mol. The van der Waals surface area contributed by atoms with Gasteiger partial charge in [-0.1, -0.05) is 34.1 Å². The van der Waals surface area contributed by atoms with E-state index < -0.39 is 0 Å². The molecule has 1 saturated carbocycles. The van der Waals surface area contributed by atoms with Crippen LogP contribution in [0.1, 0.15) is 25.7 Å². The molecule has 0 aliphatic heterocycles. The Kier molecular flexibility index (Phi) is 4.67. The van der Waals surface area contributed by atoms with Crippen LogP contribution in [0.15, 0.2) is 30.3 Å². The number of para-hydroxylation sites is 1. The average Bonchev–Trinajstić information content (AvgIpc) is 2.33. The highest BCUT2D eigenvalue weighted by molar-refractivity contribution is 9.09. The lowest BCUT2D eigenvalue weighted by molar-refractivity contribution is 0.0270. The van der Waals surface area contributed by atoms with Crippen molar-refractivity contribution < 1.29 is 9.47 Å². The highest BCUT2D eigenvalue weighted by Crippen LogP contribution is 2.25. The highest BCUT2D eigenvalue weighted by Gasteiger charge is 2.22. The summed E-state index contributed by atoms with van der Waals surface area (Å²) >= 11 is 3.30. The minimum atomic E-state index is 0.359. The summed E-state index contributed by atoms with van der Waals surface area (Å²) in [5, 5.41) is 0. The first-order valence-corrected chi connectivity index (χ1v) is 6.90. The van der Waals surface area contributed by atoms with Crippen molar-refractivity contribution in [1.29, 1.82) is 0 Å². The van der Waals surface area contributed by atoms with Gasteiger partial charge in [0.1, 0.15) is 11.3 Å². The van der Waals surface area contributed by atoms with Crippen LogP contribution in [0.2, 0.25) is 0 Å². The number of ether oxygens (including phenoxy) is 2. The van der Waals surface area contributed by atoms with E-state index in [0.717, 1.165) is 31.4 Å². The van der Waals surface area contributed by atoms with Crippen LogP contribution in [0.4, 0.5) is 0 Å². The first-order valence-electron chi connectivity index (χ1n) is 5.78. The molecule has 0 amide bonds. The molecule has 0 aromatic heterocycles. The predicted octanol–water partition coefficient (Wildman–Crippen LogP) is 3.75. The monoisotopic (exact) mass is 284 g/mol. The van der Waals surface area contributed by atoms with Crippen LogP contribution in [0.3, 0.4) is 0 Å². The molecular weight excluding hydrogens is 268 g/mol. The van der Waals surface area contributed by atoms with Crippen LogP contribution < -0.4 is 4.74 Å². The van der Waals surface area contributed by atoms with E-state index in [2.05, 4.69) is 15.9 Å². The zero-order valence-corrected chi connectivity index (χ0v) is 10.9. The molecule has 0 radical (unpaired) electrons. The van der Waals surface area contributed by atoms with E-state index in [-0.39, 0.29) is 0 Å². The molecule has 0 saturated heterocycles. The third kappa shape index (κ3) is 3.49. The fourth-order valence-electron chi connectivity index (χ4n) is 2.10. The molecule has 0 N–H and O–H groups in total. The Hall–Kier alpha value is -0.540.